The number of aromatic nitrogens is 3. The van der Waals surface area contributed by atoms with Gasteiger partial charge in [-0.2, -0.15) is 10.1 Å². The summed E-state index contributed by atoms with van der Waals surface area (Å²) < 4.78 is 0. The fourth-order valence-corrected chi connectivity index (χ4v) is 2.08. The molecule has 0 radical (unpaired) electrons. The Kier molecular flexibility index (Phi) is 3.68. The fraction of sp³-hybridized carbons (Fsp3) is 0. The maximum Gasteiger partial charge on any atom is 0.269 e. The van der Waals surface area contributed by atoms with Gasteiger partial charge in [-0.3, -0.25) is 10.1 Å². The number of rotatable bonds is 4. The van der Waals surface area contributed by atoms with E-state index in [2.05, 4.69) is 16.2 Å². The molecule has 0 aliphatic rings. The summed E-state index contributed by atoms with van der Waals surface area (Å²) in [6.07, 6.45) is 2.90. The third-order valence-corrected chi connectivity index (χ3v) is 3.16. The summed E-state index contributed by atoms with van der Waals surface area (Å²) in [5, 5.41) is 25.5. The van der Waals surface area contributed by atoms with Gasteiger partial charge in [0.05, 0.1) is 27.9 Å². The zero-order valence-corrected chi connectivity index (χ0v) is 11.8. The van der Waals surface area contributed by atoms with E-state index < -0.39 is 4.92 Å². The number of nitro benzene ring substituents is 1. The lowest BCUT2D eigenvalue weighted by Gasteiger charge is -2.23. The Labute approximate surface area is 131 Å². The monoisotopic (exact) mass is 306 g/mol. The minimum atomic E-state index is -0.453. The van der Waals surface area contributed by atoms with Gasteiger partial charge in [0.2, 0.25) is 0 Å². The van der Waals surface area contributed by atoms with Gasteiger partial charge >= 0.3 is 0 Å². The summed E-state index contributed by atoms with van der Waals surface area (Å²) in [6.45, 7) is 0. The molecule has 112 valence electrons. The van der Waals surface area contributed by atoms with Crippen molar-refractivity contribution in [3.63, 3.8) is 0 Å². The van der Waals surface area contributed by atoms with Crippen molar-refractivity contribution in [3.8, 4) is 6.07 Å². The maximum absolute atomic E-state index is 10.8. The summed E-state index contributed by atoms with van der Waals surface area (Å²) in [6, 6.07) is 15.0. The van der Waals surface area contributed by atoms with Gasteiger partial charge in [0.1, 0.15) is 12.7 Å². The summed E-state index contributed by atoms with van der Waals surface area (Å²) in [5.41, 5.74) is 1.96. The molecule has 0 saturated carbocycles. The number of nitriles is 1. The van der Waals surface area contributed by atoms with Crippen molar-refractivity contribution in [3.05, 3.63) is 76.9 Å². The normalized spacial score (nSPS) is 10.0. The molecule has 0 spiro atoms. The zero-order chi connectivity index (χ0) is 16.2. The van der Waals surface area contributed by atoms with Crippen molar-refractivity contribution in [2.45, 2.75) is 0 Å². The van der Waals surface area contributed by atoms with Gasteiger partial charge in [0.15, 0.2) is 0 Å². The van der Waals surface area contributed by atoms with Crippen LogP contribution in [0.25, 0.3) is 0 Å². The molecule has 23 heavy (non-hydrogen) atoms. The second-order valence-corrected chi connectivity index (χ2v) is 4.56. The summed E-state index contributed by atoms with van der Waals surface area (Å²) in [7, 11) is 0. The van der Waals surface area contributed by atoms with Gasteiger partial charge in [0, 0.05) is 12.1 Å². The average molecular weight is 306 g/mol. The molecule has 0 amide bonds. The molecule has 0 unspecified atom stereocenters. The van der Waals surface area contributed by atoms with Crippen LogP contribution in [-0.2, 0) is 0 Å². The molecule has 0 aliphatic carbocycles. The van der Waals surface area contributed by atoms with E-state index in [1.54, 1.807) is 41.4 Å². The molecule has 0 atom stereocenters. The van der Waals surface area contributed by atoms with Crippen LogP contribution in [0.1, 0.15) is 5.56 Å². The van der Waals surface area contributed by atoms with E-state index >= 15 is 0 Å². The first-order chi connectivity index (χ1) is 11.2. The number of hydrogen-bond donors (Lipinski definition) is 0. The quantitative estimate of drug-likeness (QED) is 0.542. The Morgan fingerprint density at radius 2 is 1.70 bits per heavy atom. The first-order valence-electron chi connectivity index (χ1n) is 6.59. The van der Waals surface area contributed by atoms with Crippen LogP contribution in [0.5, 0.6) is 0 Å². The molecule has 1 heterocycles. The lowest BCUT2D eigenvalue weighted by molar-refractivity contribution is -0.384. The molecule has 8 heteroatoms. The molecule has 0 aliphatic heterocycles. The molecule has 0 bridgehead atoms. The van der Waals surface area contributed by atoms with Crippen molar-refractivity contribution in [1.82, 2.24) is 14.9 Å². The molecule has 3 rings (SSSR count). The molecule has 0 fully saturated rings. The zero-order valence-electron chi connectivity index (χ0n) is 11.8. The highest BCUT2D eigenvalue weighted by Crippen LogP contribution is 2.27. The van der Waals surface area contributed by atoms with Crippen molar-refractivity contribution in [2.75, 3.05) is 5.01 Å². The van der Waals surface area contributed by atoms with E-state index in [9.17, 15) is 10.1 Å². The fourth-order valence-electron chi connectivity index (χ4n) is 2.08. The van der Waals surface area contributed by atoms with Crippen molar-refractivity contribution >= 4 is 17.1 Å². The van der Waals surface area contributed by atoms with Crippen molar-refractivity contribution in [1.29, 1.82) is 5.26 Å². The Morgan fingerprint density at radius 3 is 2.17 bits per heavy atom. The number of nitrogens with zero attached hydrogens (tertiary/aromatic N) is 6. The van der Waals surface area contributed by atoms with E-state index in [1.807, 2.05) is 0 Å². The van der Waals surface area contributed by atoms with Crippen LogP contribution >= 0.6 is 0 Å². The Hall–Kier alpha value is -3.73. The largest absolute Gasteiger partial charge is 0.269 e. The maximum atomic E-state index is 10.8. The van der Waals surface area contributed by atoms with Gasteiger partial charge in [-0.05, 0) is 36.4 Å². The molecule has 0 saturated heterocycles. The highest BCUT2D eigenvalue weighted by atomic mass is 16.6. The molecular formula is C15H10N6O2. The number of nitro groups is 1. The Balaban J connectivity index is 2.05. The summed E-state index contributed by atoms with van der Waals surface area (Å²) in [5.74, 6) is 0. The lowest BCUT2D eigenvalue weighted by atomic mass is 10.2. The van der Waals surface area contributed by atoms with Crippen molar-refractivity contribution < 1.29 is 4.92 Å². The van der Waals surface area contributed by atoms with E-state index in [-0.39, 0.29) is 5.69 Å². The molecular weight excluding hydrogens is 296 g/mol. The van der Waals surface area contributed by atoms with Crippen LogP contribution in [-0.4, -0.2) is 19.8 Å². The third-order valence-electron chi connectivity index (χ3n) is 3.16. The molecule has 3 aromatic rings. The van der Waals surface area contributed by atoms with Crippen LogP contribution in [0.4, 0.5) is 17.1 Å². The van der Waals surface area contributed by atoms with E-state index in [1.165, 1.54) is 29.6 Å². The van der Waals surface area contributed by atoms with Crippen molar-refractivity contribution in [2.24, 2.45) is 0 Å². The van der Waals surface area contributed by atoms with Gasteiger partial charge in [-0.15, -0.1) is 5.10 Å². The second kappa shape index (κ2) is 5.95. The first-order valence-corrected chi connectivity index (χ1v) is 6.59. The first kappa shape index (κ1) is 14.2. The van der Waals surface area contributed by atoms with Crippen LogP contribution in [0.15, 0.2) is 61.2 Å². The Bertz CT molecular complexity index is 850. The predicted octanol–water partition coefficient (Wildman–Crippen LogP) is 2.66. The summed E-state index contributed by atoms with van der Waals surface area (Å²) in [4.78, 5) is 15.8. The van der Waals surface area contributed by atoms with E-state index in [4.69, 9.17) is 5.26 Å². The SMILES string of the molecule is N#Cc1ccc(N(c2ccc([N+](=O)[O-])cc2)n2cncn2)cc1. The number of non-ortho nitro benzene ring substituents is 1. The van der Waals surface area contributed by atoms with Gasteiger partial charge < -0.3 is 0 Å². The molecule has 0 N–H and O–H groups in total. The number of benzene rings is 2. The van der Waals surface area contributed by atoms with Crippen LogP contribution in [0.2, 0.25) is 0 Å². The number of hydrogen-bond acceptors (Lipinski definition) is 6. The summed E-state index contributed by atoms with van der Waals surface area (Å²) >= 11 is 0. The van der Waals surface area contributed by atoms with Crippen LogP contribution in [0.3, 0.4) is 0 Å². The second-order valence-electron chi connectivity index (χ2n) is 4.56. The topological polar surface area (TPSA) is 101 Å². The van der Waals surface area contributed by atoms with Gasteiger partial charge in [-0.1, -0.05) is 0 Å². The van der Waals surface area contributed by atoms with E-state index in [0.29, 0.717) is 11.3 Å². The minimum absolute atomic E-state index is 0.00659. The standard InChI is InChI=1S/C15H10N6O2/c16-9-12-1-3-13(4-2-12)20(19-11-17-10-18-19)14-5-7-15(8-6-14)21(22)23/h1-8,10-11H. The average Bonchev–Trinajstić information content (AvgIpc) is 3.10. The van der Waals surface area contributed by atoms with Gasteiger partial charge in [-0.25, -0.2) is 9.99 Å². The molecule has 1 aromatic heterocycles. The highest BCUT2D eigenvalue weighted by Gasteiger charge is 2.14. The third kappa shape index (κ3) is 2.84. The van der Waals surface area contributed by atoms with Crippen LogP contribution in [0, 0.1) is 21.4 Å². The number of anilines is 2. The lowest BCUT2D eigenvalue weighted by Crippen LogP contribution is -2.24. The molecule has 8 nitrogen and oxygen atoms in total. The highest BCUT2D eigenvalue weighted by molar-refractivity contribution is 5.64. The minimum Gasteiger partial charge on any atom is -0.258 e. The molecule has 2 aromatic carbocycles. The smallest absolute Gasteiger partial charge is 0.258 e. The Morgan fingerprint density at radius 1 is 1.09 bits per heavy atom. The van der Waals surface area contributed by atoms with E-state index in [0.717, 1.165) is 5.69 Å². The predicted molar refractivity (Wildman–Crippen MR) is 81.8 cm³/mol. The van der Waals surface area contributed by atoms with Crippen LogP contribution < -0.4 is 5.01 Å². The van der Waals surface area contributed by atoms with Gasteiger partial charge in [0.25, 0.3) is 5.69 Å².